The molecule has 5 nitrogen and oxygen atoms in total. The fraction of sp³-hybridized carbons (Fsp3) is 0.0833. The van der Waals surface area contributed by atoms with Gasteiger partial charge in [0.05, 0.1) is 5.39 Å². The maximum atomic E-state index is 4.24. The normalized spacial score (nSPS) is 10.6. The number of anilines is 2. The SMILES string of the molecule is Cn1cc2c(Nc3ccccc3)ncnc2n1. The fourth-order valence-electron chi connectivity index (χ4n) is 1.71. The van der Waals surface area contributed by atoms with E-state index < -0.39 is 0 Å². The summed E-state index contributed by atoms with van der Waals surface area (Å²) >= 11 is 0. The van der Waals surface area contributed by atoms with Crippen molar-refractivity contribution in [1.82, 2.24) is 19.7 Å². The molecule has 0 unspecified atom stereocenters. The van der Waals surface area contributed by atoms with Gasteiger partial charge in [0.25, 0.3) is 0 Å². The topological polar surface area (TPSA) is 55.6 Å². The highest BCUT2D eigenvalue weighted by Crippen LogP contribution is 2.21. The largest absolute Gasteiger partial charge is 0.340 e. The lowest BCUT2D eigenvalue weighted by Crippen LogP contribution is -1.94. The van der Waals surface area contributed by atoms with Gasteiger partial charge in [-0.25, -0.2) is 9.97 Å². The minimum Gasteiger partial charge on any atom is -0.340 e. The van der Waals surface area contributed by atoms with Gasteiger partial charge in [0, 0.05) is 18.9 Å². The average molecular weight is 225 g/mol. The van der Waals surface area contributed by atoms with Crippen molar-refractivity contribution < 1.29 is 0 Å². The van der Waals surface area contributed by atoms with Gasteiger partial charge in [-0.05, 0) is 12.1 Å². The van der Waals surface area contributed by atoms with Crippen LogP contribution in [0.25, 0.3) is 11.0 Å². The van der Waals surface area contributed by atoms with Crippen molar-refractivity contribution >= 4 is 22.5 Å². The van der Waals surface area contributed by atoms with E-state index in [0.29, 0.717) is 5.65 Å². The molecule has 2 aromatic heterocycles. The van der Waals surface area contributed by atoms with Crippen molar-refractivity contribution in [2.75, 3.05) is 5.32 Å². The van der Waals surface area contributed by atoms with E-state index in [1.807, 2.05) is 43.6 Å². The van der Waals surface area contributed by atoms with Crippen LogP contribution in [0.3, 0.4) is 0 Å². The van der Waals surface area contributed by atoms with Gasteiger partial charge in [0.2, 0.25) is 0 Å². The summed E-state index contributed by atoms with van der Waals surface area (Å²) < 4.78 is 1.73. The predicted molar refractivity (Wildman–Crippen MR) is 66.0 cm³/mol. The molecule has 5 heteroatoms. The average Bonchev–Trinajstić information content (AvgIpc) is 2.72. The van der Waals surface area contributed by atoms with Crippen molar-refractivity contribution in [3.8, 4) is 0 Å². The Morgan fingerprint density at radius 1 is 1.12 bits per heavy atom. The molecular weight excluding hydrogens is 214 g/mol. The van der Waals surface area contributed by atoms with Crippen LogP contribution in [-0.2, 0) is 7.05 Å². The molecule has 3 aromatic rings. The lowest BCUT2D eigenvalue weighted by molar-refractivity contribution is 0.775. The fourth-order valence-corrected chi connectivity index (χ4v) is 1.71. The standard InChI is InChI=1S/C12H11N5/c1-17-7-10-11(13-8-14-12(10)16-17)15-9-5-3-2-4-6-9/h2-8H,1H3,(H,13,14,15,16). The lowest BCUT2D eigenvalue weighted by atomic mass is 10.3. The number of aromatic nitrogens is 4. The summed E-state index contributed by atoms with van der Waals surface area (Å²) in [7, 11) is 1.87. The second-order valence-electron chi connectivity index (χ2n) is 3.75. The van der Waals surface area contributed by atoms with Crippen LogP contribution in [0, 0.1) is 0 Å². The van der Waals surface area contributed by atoms with Crippen molar-refractivity contribution in [1.29, 1.82) is 0 Å². The quantitative estimate of drug-likeness (QED) is 0.725. The third-order valence-electron chi connectivity index (χ3n) is 2.47. The third kappa shape index (κ3) is 1.82. The first-order valence-corrected chi connectivity index (χ1v) is 5.29. The molecule has 2 heterocycles. The third-order valence-corrected chi connectivity index (χ3v) is 2.47. The number of nitrogens with zero attached hydrogens (tertiary/aromatic N) is 4. The first-order valence-electron chi connectivity index (χ1n) is 5.29. The number of para-hydroxylation sites is 1. The Morgan fingerprint density at radius 3 is 2.76 bits per heavy atom. The maximum Gasteiger partial charge on any atom is 0.186 e. The number of nitrogens with one attached hydrogen (secondary N) is 1. The number of hydrogen-bond acceptors (Lipinski definition) is 4. The predicted octanol–water partition coefficient (Wildman–Crippen LogP) is 2.11. The van der Waals surface area contributed by atoms with E-state index in [2.05, 4.69) is 20.4 Å². The van der Waals surface area contributed by atoms with Crippen LogP contribution in [0.15, 0.2) is 42.9 Å². The lowest BCUT2D eigenvalue weighted by Gasteiger charge is -2.04. The molecule has 84 valence electrons. The molecule has 0 aliphatic rings. The Bertz CT molecular complexity index is 644. The Labute approximate surface area is 98.1 Å². The van der Waals surface area contributed by atoms with Crippen LogP contribution in [0.1, 0.15) is 0 Å². The van der Waals surface area contributed by atoms with E-state index in [0.717, 1.165) is 16.9 Å². The summed E-state index contributed by atoms with van der Waals surface area (Å²) in [5.74, 6) is 0.773. The van der Waals surface area contributed by atoms with Gasteiger partial charge < -0.3 is 5.32 Å². The van der Waals surface area contributed by atoms with E-state index >= 15 is 0 Å². The molecule has 0 fully saturated rings. The summed E-state index contributed by atoms with van der Waals surface area (Å²) in [6, 6.07) is 9.91. The molecule has 17 heavy (non-hydrogen) atoms. The van der Waals surface area contributed by atoms with E-state index in [1.165, 1.54) is 6.33 Å². The minimum atomic E-state index is 0.695. The van der Waals surface area contributed by atoms with Crippen LogP contribution in [0.2, 0.25) is 0 Å². The van der Waals surface area contributed by atoms with Crippen molar-refractivity contribution in [3.05, 3.63) is 42.9 Å². The molecule has 0 saturated carbocycles. The van der Waals surface area contributed by atoms with Crippen LogP contribution in [0.5, 0.6) is 0 Å². The number of rotatable bonds is 2. The van der Waals surface area contributed by atoms with Crippen molar-refractivity contribution in [2.24, 2.45) is 7.05 Å². The summed E-state index contributed by atoms with van der Waals surface area (Å²) in [6.45, 7) is 0. The highest BCUT2D eigenvalue weighted by Gasteiger charge is 2.06. The summed E-state index contributed by atoms with van der Waals surface area (Å²) in [5, 5.41) is 8.41. The summed E-state index contributed by atoms with van der Waals surface area (Å²) in [5.41, 5.74) is 1.69. The maximum absolute atomic E-state index is 4.24. The molecule has 1 N–H and O–H groups in total. The van der Waals surface area contributed by atoms with Crippen LogP contribution >= 0.6 is 0 Å². The van der Waals surface area contributed by atoms with Gasteiger partial charge in [-0.1, -0.05) is 18.2 Å². The van der Waals surface area contributed by atoms with E-state index in [-0.39, 0.29) is 0 Å². The number of aryl methyl sites for hydroxylation is 1. The summed E-state index contributed by atoms with van der Waals surface area (Å²) in [4.78, 5) is 8.36. The molecule has 1 aromatic carbocycles. The number of benzene rings is 1. The second-order valence-corrected chi connectivity index (χ2v) is 3.75. The van der Waals surface area contributed by atoms with E-state index in [4.69, 9.17) is 0 Å². The van der Waals surface area contributed by atoms with Crippen LogP contribution in [0.4, 0.5) is 11.5 Å². The second kappa shape index (κ2) is 3.86. The molecule has 0 saturated heterocycles. The van der Waals surface area contributed by atoms with Gasteiger partial charge in [-0.2, -0.15) is 5.10 Å². The van der Waals surface area contributed by atoms with Crippen LogP contribution in [-0.4, -0.2) is 19.7 Å². The Hall–Kier alpha value is -2.43. The van der Waals surface area contributed by atoms with Gasteiger partial charge in [0.1, 0.15) is 12.1 Å². The monoisotopic (exact) mass is 225 g/mol. The van der Waals surface area contributed by atoms with Gasteiger partial charge in [-0.3, -0.25) is 4.68 Å². The zero-order chi connectivity index (χ0) is 11.7. The molecule has 0 amide bonds. The first kappa shape index (κ1) is 9.77. The zero-order valence-corrected chi connectivity index (χ0v) is 9.33. The molecule has 0 radical (unpaired) electrons. The Kier molecular flexibility index (Phi) is 2.22. The Balaban J connectivity index is 2.06. The number of fused-ring (bicyclic) bond motifs is 1. The van der Waals surface area contributed by atoms with Crippen LogP contribution < -0.4 is 5.32 Å². The van der Waals surface area contributed by atoms with Crippen molar-refractivity contribution in [2.45, 2.75) is 0 Å². The highest BCUT2D eigenvalue weighted by atomic mass is 15.3. The first-order chi connectivity index (χ1) is 8.33. The molecule has 0 bridgehead atoms. The highest BCUT2D eigenvalue weighted by molar-refractivity contribution is 5.87. The van der Waals surface area contributed by atoms with Gasteiger partial charge in [-0.15, -0.1) is 0 Å². The molecular formula is C12H11N5. The molecule has 0 atom stereocenters. The van der Waals surface area contributed by atoms with Gasteiger partial charge >= 0.3 is 0 Å². The number of hydrogen-bond donors (Lipinski definition) is 1. The zero-order valence-electron chi connectivity index (χ0n) is 9.33. The smallest absolute Gasteiger partial charge is 0.186 e. The molecule has 0 aliphatic heterocycles. The van der Waals surface area contributed by atoms with E-state index in [9.17, 15) is 0 Å². The minimum absolute atomic E-state index is 0.695. The van der Waals surface area contributed by atoms with E-state index in [1.54, 1.807) is 4.68 Å². The molecule has 0 spiro atoms. The summed E-state index contributed by atoms with van der Waals surface area (Å²) in [6.07, 6.45) is 3.42. The van der Waals surface area contributed by atoms with Gasteiger partial charge in [0.15, 0.2) is 5.65 Å². The van der Waals surface area contributed by atoms with Crippen molar-refractivity contribution in [3.63, 3.8) is 0 Å². The Morgan fingerprint density at radius 2 is 1.94 bits per heavy atom. The molecule has 3 rings (SSSR count). The molecule has 0 aliphatic carbocycles.